The fourth-order valence-electron chi connectivity index (χ4n) is 5.15. The lowest BCUT2D eigenvalue weighted by Crippen LogP contribution is -2.56. The van der Waals surface area contributed by atoms with Crippen LogP contribution in [-0.2, 0) is 14.3 Å². The summed E-state index contributed by atoms with van der Waals surface area (Å²) in [5.41, 5.74) is 1.18. The number of aryl methyl sites for hydroxylation is 1. The van der Waals surface area contributed by atoms with Gasteiger partial charge in [-0.1, -0.05) is 62.9 Å². The van der Waals surface area contributed by atoms with Crippen molar-refractivity contribution in [3.05, 3.63) is 35.4 Å². The minimum absolute atomic E-state index is 0.115. The summed E-state index contributed by atoms with van der Waals surface area (Å²) in [4.78, 5) is 43.2. The summed E-state index contributed by atoms with van der Waals surface area (Å²) in [6, 6.07) is 6.18. The zero-order valence-corrected chi connectivity index (χ0v) is 26.9. The second kappa shape index (κ2) is 16.3. The Morgan fingerprint density at radius 3 is 2.17 bits per heavy atom. The summed E-state index contributed by atoms with van der Waals surface area (Å²) in [5.74, 6) is 0.742. The van der Waals surface area contributed by atoms with E-state index in [4.69, 9.17) is 4.74 Å². The van der Waals surface area contributed by atoms with Gasteiger partial charge in [-0.2, -0.15) is 11.8 Å². The molecule has 1 aliphatic rings. The van der Waals surface area contributed by atoms with Crippen molar-refractivity contribution < 1.29 is 19.1 Å². The lowest BCUT2D eigenvalue weighted by molar-refractivity contribution is -0.145. The van der Waals surface area contributed by atoms with E-state index in [2.05, 4.69) is 24.5 Å². The quantitative estimate of drug-likeness (QED) is 0.271. The number of carbonyl (C=O) groups excluding carboxylic acids is 3. The van der Waals surface area contributed by atoms with E-state index in [-0.39, 0.29) is 23.9 Å². The Morgan fingerprint density at radius 2 is 1.62 bits per heavy atom. The molecule has 1 aromatic carbocycles. The Morgan fingerprint density at radius 1 is 1.00 bits per heavy atom. The maximum absolute atomic E-state index is 14.5. The van der Waals surface area contributed by atoms with Gasteiger partial charge in [0.15, 0.2) is 0 Å². The Bertz CT molecular complexity index is 938. The third kappa shape index (κ3) is 11.3. The number of nitrogens with one attached hydrogen (secondary N) is 2. The zero-order valence-electron chi connectivity index (χ0n) is 26.0. The summed E-state index contributed by atoms with van der Waals surface area (Å²) in [6.07, 6.45) is 8.78. The highest BCUT2D eigenvalue weighted by Crippen LogP contribution is 2.29. The lowest BCUT2D eigenvalue weighted by Gasteiger charge is -2.39. The van der Waals surface area contributed by atoms with Gasteiger partial charge in [0.1, 0.15) is 17.7 Å². The van der Waals surface area contributed by atoms with Gasteiger partial charge < -0.3 is 20.3 Å². The van der Waals surface area contributed by atoms with Crippen molar-refractivity contribution in [2.24, 2.45) is 5.92 Å². The van der Waals surface area contributed by atoms with E-state index in [9.17, 15) is 14.4 Å². The van der Waals surface area contributed by atoms with Crippen LogP contribution in [0.4, 0.5) is 4.79 Å². The lowest BCUT2D eigenvalue weighted by atomic mass is 9.93. The average molecular weight is 576 g/mol. The van der Waals surface area contributed by atoms with Gasteiger partial charge in [-0.3, -0.25) is 9.59 Å². The van der Waals surface area contributed by atoms with Crippen molar-refractivity contribution in [3.8, 4) is 0 Å². The maximum Gasteiger partial charge on any atom is 0.408 e. The third-order valence-corrected chi connectivity index (χ3v) is 8.01. The SMILES string of the molecule is CSCCC(NC(=O)OC(C)(C)C)C(=O)N(C(C)CCC(C)C)C(C(=O)NC1CCCCC1)c1ccc(C)cc1. The topological polar surface area (TPSA) is 87.7 Å². The second-order valence-corrected chi connectivity index (χ2v) is 13.7. The van der Waals surface area contributed by atoms with Gasteiger partial charge in [-0.25, -0.2) is 4.79 Å². The minimum Gasteiger partial charge on any atom is -0.444 e. The highest BCUT2D eigenvalue weighted by molar-refractivity contribution is 7.98. The van der Waals surface area contributed by atoms with Crippen molar-refractivity contribution in [2.75, 3.05) is 12.0 Å². The number of hydrogen-bond acceptors (Lipinski definition) is 5. The predicted molar refractivity (Wildman–Crippen MR) is 165 cm³/mol. The normalized spacial score (nSPS) is 16.6. The van der Waals surface area contributed by atoms with E-state index in [0.717, 1.165) is 49.7 Å². The molecular formula is C32H53N3O4S. The van der Waals surface area contributed by atoms with Crippen molar-refractivity contribution in [3.63, 3.8) is 0 Å². The van der Waals surface area contributed by atoms with Gasteiger partial charge in [-0.05, 0) is 90.2 Å². The highest BCUT2D eigenvalue weighted by Gasteiger charge is 2.39. The summed E-state index contributed by atoms with van der Waals surface area (Å²) in [5, 5.41) is 6.14. The van der Waals surface area contributed by atoms with Gasteiger partial charge >= 0.3 is 6.09 Å². The molecule has 3 atom stereocenters. The average Bonchev–Trinajstić information content (AvgIpc) is 2.88. The number of ether oxygens (including phenoxy) is 1. The smallest absolute Gasteiger partial charge is 0.408 e. The molecule has 2 rings (SSSR count). The molecule has 3 amide bonds. The summed E-state index contributed by atoms with van der Waals surface area (Å²) < 4.78 is 5.52. The minimum atomic E-state index is -0.806. The molecule has 0 radical (unpaired) electrons. The van der Waals surface area contributed by atoms with Crippen molar-refractivity contribution in [2.45, 2.75) is 130 Å². The van der Waals surface area contributed by atoms with Crippen LogP contribution in [0.1, 0.15) is 110 Å². The number of hydrogen-bond donors (Lipinski definition) is 2. The molecule has 0 saturated heterocycles. The maximum atomic E-state index is 14.5. The van der Waals surface area contributed by atoms with Gasteiger partial charge in [0.2, 0.25) is 11.8 Å². The summed E-state index contributed by atoms with van der Waals surface area (Å²) >= 11 is 1.62. The molecule has 3 unspecified atom stereocenters. The van der Waals surface area contributed by atoms with E-state index in [0.29, 0.717) is 18.1 Å². The molecule has 1 aliphatic carbocycles. The summed E-state index contributed by atoms with van der Waals surface area (Å²) in [6.45, 7) is 13.8. The van der Waals surface area contributed by atoms with Crippen molar-refractivity contribution >= 4 is 29.7 Å². The van der Waals surface area contributed by atoms with E-state index in [1.54, 1.807) is 37.4 Å². The monoisotopic (exact) mass is 575 g/mol. The number of nitrogens with zero attached hydrogens (tertiary/aromatic N) is 1. The number of thioether (sulfide) groups is 1. The number of amides is 3. The van der Waals surface area contributed by atoms with E-state index < -0.39 is 23.8 Å². The van der Waals surface area contributed by atoms with Crippen LogP contribution in [0.25, 0.3) is 0 Å². The Balaban J connectivity index is 2.52. The van der Waals surface area contributed by atoms with Crippen LogP contribution in [0, 0.1) is 12.8 Å². The van der Waals surface area contributed by atoms with Gasteiger partial charge in [0.05, 0.1) is 0 Å². The molecule has 1 saturated carbocycles. The molecule has 1 fully saturated rings. The fourth-order valence-corrected chi connectivity index (χ4v) is 5.62. The molecule has 226 valence electrons. The highest BCUT2D eigenvalue weighted by atomic mass is 32.2. The zero-order chi connectivity index (χ0) is 29.9. The van der Waals surface area contributed by atoms with Crippen LogP contribution in [0.3, 0.4) is 0 Å². The first-order valence-electron chi connectivity index (χ1n) is 15.0. The molecule has 0 aromatic heterocycles. The van der Waals surface area contributed by atoms with Crippen molar-refractivity contribution in [1.29, 1.82) is 0 Å². The van der Waals surface area contributed by atoms with Crippen LogP contribution in [0.2, 0.25) is 0 Å². The number of alkyl carbamates (subject to hydrolysis) is 1. The Kier molecular flexibility index (Phi) is 13.8. The van der Waals surface area contributed by atoms with Crippen LogP contribution in [0.5, 0.6) is 0 Å². The van der Waals surface area contributed by atoms with Crippen LogP contribution in [0.15, 0.2) is 24.3 Å². The third-order valence-electron chi connectivity index (χ3n) is 7.36. The van der Waals surface area contributed by atoms with Gasteiger partial charge in [-0.15, -0.1) is 0 Å². The van der Waals surface area contributed by atoms with Crippen LogP contribution < -0.4 is 10.6 Å². The largest absolute Gasteiger partial charge is 0.444 e. The summed E-state index contributed by atoms with van der Waals surface area (Å²) in [7, 11) is 0. The van der Waals surface area contributed by atoms with E-state index >= 15 is 0 Å². The van der Waals surface area contributed by atoms with Crippen LogP contribution >= 0.6 is 11.8 Å². The molecule has 0 spiro atoms. The number of benzene rings is 1. The molecule has 8 heteroatoms. The first-order chi connectivity index (χ1) is 18.8. The predicted octanol–water partition coefficient (Wildman–Crippen LogP) is 6.78. The number of rotatable bonds is 13. The molecule has 40 heavy (non-hydrogen) atoms. The fraction of sp³-hybridized carbons (Fsp3) is 0.719. The first kappa shape index (κ1) is 34.0. The second-order valence-electron chi connectivity index (χ2n) is 12.7. The molecule has 7 nitrogen and oxygen atoms in total. The molecular weight excluding hydrogens is 522 g/mol. The first-order valence-corrected chi connectivity index (χ1v) is 16.4. The molecule has 2 N–H and O–H groups in total. The molecule has 0 bridgehead atoms. The van der Waals surface area contributed by atoms with Crippen LogP contribution in [-0.4, -0.2) is 58.5 Å². The van der Waals surface area contributed by atoms with Gasteiger partial charge in [0, 0.05) is 12.1 Å². The standard InChI is InChI=1S/C32H53N3O4S/c1-22(2)14-17-24(4)35(30(37)27(20-21-40-8)34-31(38)39-32(5,6)7)28(25-18-15-23(3)16-19-25)29(36)33-26-12-10-9-11-13-26/h15-16,18-19,22,24,26-28H,9-14,17,20-21H2,1-8H3,(H,33,36)(H,34,38). The molecule has 0 aliphatic heterocycles. The Hall–Kier alpha value is -2.22. The molecule has 0 heterocycles. The number of carbonyl (C=O) groups is 3. The Labute approximate surface area is 246 Å². The van der Waals surface area contributed by atoms with Gasteiger partial charge in [0.25, 0.3) is 0 Å². The molecule has 1 aromatic rings. The van der Waals surface area contributed by atoms with E-state index in [1.165, 1.54) is 6.42 Å². The van der Waals surface area contributed by atoms with Crippen molar-refractivity contribution in [1.82, 2.24) is 15.5 Å². The van der Waals surface area contributed by atoms with E-state index in [1.807, 2.05) is 44.4 Å².